The first-order chi connectivity index (χ1) is 18.6. The van der Waals surface area contributed by atoms with Gasteiger partial charge in [-0.25, -0.2) is 0 Å². The van der Waals surface area contributed by atoms with Crippen molar-refractivity contribution in [2.75, 3.05) is 0 Å². The molecule has 0 fully saturated rings. The van der Waals surface area contributed by atoms with Crippen LogP contribution in [0.4, 0.5) is 0 Å². The predicted molar refractivity (Wildman–Crippen MR) is 154 cm³/mol. The molecule has 0 spiro atoms. The smallest absolute Gasteiger partial charge is 0.128 e. The van der Waals surface area contributed by atoms with Gasteiger partial charge in [0.25, 0.3) is 0 Å². The maximum absolute atomic E-state index is 6.39. The second-order valence-electron chi connectivity index (χ2n) is 9.30. The van der Waals surface area contributed by atoms with Crippen molar-refractivity contribution >= 4 is 32.7 Å². The fourth-order valence-electron chi connectivity index (χ4n) is 4.73. The average Bonchev–Trinajstić information content (AvgIpc) is 3.34. The molecule has 0 bridgehead atoms. The molecule has 39 heavy (non-hydrogen) atoms. The Hall–Kier alpha value is -4.18. The van der Waals surface area contributed by atoms with Gasteiger partial charge < -0.3 is 14.4 Å². The maximum atomic E-state index is 6.39. The van der Waals surface area contributed by atoms with Gasteiger partial charge in [-0.2, -0.15) is 0 Å². The standard InChI is InChI=1S/C23H17N2O.C11H8N.Ir/c1-13-7-10-21(24-12-13)19-6-4-5-17-18-9-8-16-15(3)25-14(2)11-20(16)23(18)26-22(17)19;1-2-6-10(7-3-1)11-8-4-5-9-12-11;/h4-5,7-12H,1-3H3;1-6,8-9H;/q2*-1;. The van der Waals surface area contributed by atoms with Crippen LogP contribution in [0, 0.1) is 32.9 Å². The summed E-state index contributed by atoms with van der Waals surface area (Å²) in [5, 5.41) is 4.43. The van der Waals surface area contributed by atoms with Crippen molar-refractivity contribution in [1.29, 1.82) is 0 Å². The third-order valence-corrected chi connectivity index (χ3v) is 6.54. The van der Waals surface area contributed by atoms with Crippen LogP contribution in [-0.2, 0) is 20.1 Å². The minimum atomic E-state index is 0. The monoisotopic (exact) mass is 684 g/mol. The first-order valence-corrected chi connectivity index (χ1v) is 12.5. The van der Waals surface area contributed by atoms with E-state index in [1.807, 2.05) is 81.6 Å². The number of benzene rings is 3. The number of pyridine rings is 3. The number of hydrogen-bond donors (Lipinski definition) is 0. The van der Waals surface area contributed by atoms with Crippen molar-refractivity contribution in [2.24, 2.45) is 0 Å². The summed E-state index contributed by atoms with van der Waals surface area (Å²) in [5.41, 5.74) is 8.67. The Bertz CT molecular complexity index is 1840. The fourth-order valence-corrected chi connectivity index (χ4v) is 4.73. The Balaban J connectivity index is 0.000000200. The third-order valence-electron chi connectivity index (χ3n) is 6.54. The SMILES string of the molecule is Cc1ccc(-c2[c-]ccc3c2oc2c4cc(C)nc(C)c4ccc32)nc1.[Ir].[c-]1ccccc1-c1ccccn1. The molecule has 0 N–H and O–H groups in total. The zero-order chi connectivity index (χ0) is 26.1. The van der Waals surface area contributed by atoms with Crippen LogP contribution >= 0.6 is 0 Å². The number of rotatable bonds is 2. The van der Waals surface area contributed by atoms with Crippen LogP contribution in [0.5, 0.6) is 0 Å². The van der Waals surface area contributed by atoms with E-state index in [0.717, 1.165) is 72.2 Å². The van der Waals surface area contributed by atoms with E-state index in [-0.39, 0.29) is 20.1 Å². The molecule has 1 radical (unpaired) electrons. The van der Waals surface area contributed by atoms with Crippen LogP contribution in [-0.4, -0.2) is 15.0 Å². The fraction of sp³-hybridized carbons (Fsp3) is 0.0882. The number of aromatic nitrogens is 3. The van der Waals surface area contributed by atoms with Gasteiger partial charge in [-0.15, -0.1) is 54.1 Å². The third kappa shape index (κ3) is 5.24. The van der Waals surface area contributed by atoms with E-state index in [4.69, 9.17) is 4.42 Å². The van der Waals surface area contributed by atoms with Gasteiger partial charge >= 0.3 is 0 Å². The normalized spacial score (nSPS) is 10.7. The van der Waals surface area contributed by atoms with Crippen molar-refractivity contribution in [3.05, 3.63) is 126 Å². The number of nitrogens with zero attached hydrogens (tertiary/aromatic N) is 3. The summed E-state index contributed by atoms with van der Waals surface area (Å²) in [6.45, 7) is 6.09. The van der Waals surface area contributed by atoms with E-state index in [1.165, 1.54) is 0 Å². The van der Waals surface area contributed by atoms with Gasteiger partial charge in [-0.1, -0.05) is 47.3 Å². The van der Waals surface area contributed by atoms with E-state index in [9.17, 15) is 0 Å². The summed E-state index contributed by atoms with van der Waals surface area (Å²) >= 11 is 0. The zero-order valence-corrected chi connectivity index (χ0v) is 24.2. The topological polar surface area (TPSA) is 51.8 Å². The molecule has 0 aliphatic heterocycles. The van der Waals surface area contributed by atoms with Crippen LogP contribution in [0.15, 0.2) is 102 Å². The van der Waals surface area contributed by atoms with Crippen molar-refractivity contribution in [3.63, 3.8) is 0 Å². The minimum absolute atomic E-state index is 0. The van der Waals surface area contributed by atoms with Crippen LogP contribution in [0.1, 0.15) is 17.0 Å². The van der Waals surface area contributed by atoms with Crippen LogP contribution < -0.4 is 0 Å². The molecule has 3 aromatic carbocycles. The van der Waals surface area contributed by atoms with E-state index in [0.29, 0.717) is 0 Å². The van der Waals surface area contributed by atoms with Crippen LogP contribution in [0.3, 0.4) is 0 Å². The summed E-state index contributed by atoms with van der Waals surface area (Å²) < 4.78 is 6.39. The Morgan fingerprint density at radius 3 is 2.23 bits per heavy atom. The van der Waals surface area contributed by atoms with Crippen molar-refractivity contribution in [1.82, 2.24) is 15.0 Å². The Kier molecular flexibility index (Phi) is 7.65. The van der Waals surface area contributed by atoms with Gasteiger partial charge in [-0.05, 0) is 49.9 Å². The molecule has 7 rings (SSSR count). The van der Waals surface area contributed by atoms with Crippen molar-refractivity contribution in [3.8, 4) is 22.5 Å². The summed E-state index contributed by atoms with van der Waals surface area (Å²) in [6.07, 6.45) is 3.66. The molecule has 0 amide bonds. The largest absolute Gasteiger partial charge is 0.500 e. The number of furan rings is 1. The predicted octanol–water partition coefficient (Wildman–Crippen LogP) is 8.47. The summed E-state index contributed by atoms with van der Waals surface area (Å²) in [4.78, 5) is 13.4. The molecule has 193 valence electrons. The molecular formula is C34H25IrN3O-2. The first-order valence-electron chi connectivity index (χ1n) is 12.5. The van der Waals surface area contributed by atoms with Crippen molar-refractivity contribution < 1.29 is 24.5 Å². The second kappa shape index (κ2) is 11.3. The molecule has 0 saturated heterocycles. The molecule has 0 atom stereocenters. The summed E-state index contributed by atoms with van der Waals surface area (Å²) in [5.74, 6) is 0. The Morgan fingerprint density at radius 1 is 0.667 bits per heavy atom. The number of hydrogen-bond acceptors (Lipinski definition) is 4. The molecular weight excluding hydrogens is 659 g/mol. The molecule has 4 nitrogen and oxygen atoms in total. The molecule has 7 aromatic rings. The van der Waals surface area contributed by atoms with Gasteiger partial charge in [0.2, 0.25) is 0 Å². The van der Waals surface area contributed by atoms with Crippen LogP contribution in [0.25, 0.3) is 55.2 Å². The van der Waals surface area contributed by atoms with Crippen molar-refractivity contribution in [2.45, 2.75) is 20.8 Å². The van der Waals surface area contributed by atoms with E-state index in [1.54, 1.807) is 6.20 Å². The summed E-state index contributed by atoms with van der Waals surface area (Å²) in [6, 6.07) is 34.6. The Labute approximate surface area is 241 Å². The number of aryl methyl sites for hydroxylation is 3. The van der Waals surface area contributed by atoms with E-state index < -0.39 is 0 Å². The molecule has 0 saturated carbocycles. The quantitative estimate of drug-likeness (QED) is 0.172. The molecule has 0 aliphatic rings. The first kappa shape index (κ1) is 26.4. The van der Waals surface area contributed by atoms with Gasteiger partial charge in [0.1, 0.15) is 5.58 Å². The molecule has 4 heterocycles. The zero-order valence-electron chi connectivity index (χ0n) is 21.8. The van der Waals surface area contributed by atoms with Gasteiger partial charge in [0.05, 0.1) is 5.58 Å². The summed E-state index contributed by atoms with van der Waals surface area (Å²) in [7, 11) is 0. The molecule has 4 aromatic heterocycles. The minimum Gasteiger partial charge on any atom is -0.500 e. The molecule has 0 unspecified atom stereocenters. The van der Waals surface area contributed by atoms with Gasteiger partial charge in [0, 0.05) is 60.0 Å². The average molecular weight is 684 g/mol. The van der Waals surface area contributed by atoms with E-state index >= 15 is 0 Å². The van der Waals surface area contributed by atoms with E-state index in [2.05, 4.69) is 57.4 Å². The van der Waals surface area contributed by atoms with Crippen LogP contribution in [0.2, 0.25) is 0 Å². The second-order valence-corrected chi connectivity index (χ2v) is 9.30. The van der Waals surface area contributed by atoms with Gasteiger partial charge in [0.15, 0.2) is 0 Å². The van der Waals surface area contributed by atoms with Gasteiger partial charge in [-0.3, -0.25) is 4.98 Å². The maximum Gasteiger partial charge on any atom is 0.128 e. The Morgan fingerprint density at radius 2 is 1.49 bits per heavy atom. The number of fused-ring (bicyclic) bond motifs is 5. The molecule has 5 heteroatoms. The molecule has 0 aliphatic carbocycles.